The van der Waals surface area contributed by atoms with Gasteiger partial charge in [0.2, 0.25) is 0 Å². The van der Waals surface area contributed by atoms with Crippen molar-refractivity contribution in [2.24, 2.45) is 0 Å². The second-order valence-electron chi connectivity index (χ2n) is 3.97. The lowest BCUT2D eigenvalue weighted by atomic mass is 10.2. The van der Waals surface area contributed by atoms with Crippen LogP contribution in [-0.4, -0.2) is 4.98 Å². The minimum absolute atomic E-state index is 0.624. The summed E-state index contributed by atoms with van der Waals surface area (Å²) < 4.78 is 5.86. The zero-order valence-corrected chi connectivity index (χ0v) is 9.71. The van der Waals surface area contributed by atoms with E-state index in [4.69, 9.17) is 10.5 Å². The number of aromatic nitrogens is 1. The first kappa shape index (κ1) is 10.6. The van der Waals surface area contributed by atoms with Crippen molar-refractivity contribution in [1.29, 1.82) is 0 Å². The highest BCUT2D eigenvalue weighted by atomic mass is 16.5. The SMILES string of the molecule is Nc1ccccc1Oc1ccnc2ccccc12. The Balaban J connectivity index is 2.08. The highest BCUT2D eigenvalue weighted by Crippen LogP contribution is 2.31. The summed E-state index contributed by atoms with van der Waals surface area (Å²) in [6.07, 6.45) is 1.73. The molecule has 3 nitrogen and oxygen atoms in total. The average Bonchev–Trinajstić information content (AvgIpc) is 2.42. The van der Waals surface area contributed by atoms with Crippen LogP contribution in [0.15, 0.2) is 60.8 Å². The molecule has 3 aromatic rings. The standard InChI is InChI=1S/C15H12N2O/c16-12-6-2-4-8-15(12)18-14-9-10-17-13-7-3-1-5-11(13)14/h1-10H,16H2. The second-order valence-corrected chi connectivity index (χ2v) is 3.97. The summed E-state index contributed by atoms with van der Waals surface area (Å²) in [5.41, 5.74) is 7.40. The molecule has 2 aromatic carbocycles. The lowest BCUT2D eigenvalue weighted by Crippen LogP contribution is -1.92. The Hall–Kier alpha value is -2.55. The summed E-state index contributed by atoms with van der Waals surface area (Å²) >= 11 is 0. The van der Waals surface area contributed by atoms with Gasteiger partial charge in [-0.2, -0.15) is 0 Å². The molecule has 1 heterocycles. The van der Waals surface area contributed by atoms with E-state index >= 15 is 0 Å². The highest BCUT2D eigenvalue weighted by Gasteiger charge is 2.05. The smallest absolute Gasteiger partial charge is 0.150 e. The van der Waals surface area contributed by atoms with E-state index in [9.17, 15) is 0 Å². The highest BCUT2D eigenvalue weighted by molar-refractivity contribution is 5.85. The third-order valence-electron chi connectivity index (χ3n) is 2.75. The number of hydrogen-bond donors (Lipinski definition) is 1. The normalized spacial score (nSPS) is 10.4. The molecular formula is C15H12N2O. The molecule has 88 valence electrons. The van der Waals surface area contributed by atoms with Gasteiger partial charge in [0.25, 0.3) is 0 Å². The predicted molar refractivity (Wildman–Crippen MR) is 72.7 cm³/mol. The van der Waals surface area contributed by atoms with Crippen LogP contribution in [0.1, 0.15) is 0 Å². The van der Waals surface area contributed by atoms with E-state index in [0.29, 0.717) is 11.4 Å². The van der Waals surface area contributed by atoms with Crippen LogP contribution in [0.25, 0.3) is 10.9 Å². The fourth-order valence-corrected chi connectivity index (χ4v) is 1.85. The Morgan fingerprint density at radius 3 is 2.50 bits per heavy atom. The first-order chi connectivity index (χ1) is 8.84. The average molecular weight is 236 g/mol. The maximum absolute atomic E-state index is 5.87. The van der Waals surface area contributed by atoms with Crippen LogP contribution in [0.5, 0.6) is 11.5 Å². The third kappa shape index (κ3) is 1.86. The summed E-state index contributed by atoms with van der Waals surface area (Å²) in [7, 11) is 0. The molecule has 0 bridgehead atoms. The van der Waals surface area contributed by atoms with Crippen LogP contribution in [-0.2, 0) is 0 Å². The molecule has 0 saturated carbocycles. The van der Waals surface area contributed by atoms with Gasteiger partial charge in [0.1, 0.15) is 11.5 Å². The van der Waals surface area contributed by atoms with Crippen LogP contribution >= 0.6 is 0 Å². The Kier molecular flexibility index (Phi) is 2.57. The summed E-state index contributed by atoms with van der Waals surface area (Å²) in [4.78, 5) is 4.29. The van der Waals surface area contributed by atoms with Crippen LogP contribution in [0.4, 0.5) is 5.69 Å². The van der Waals surface area contributed by atoms with Gasteiger partial charge >= 0.3 is 0 Å². The fourth-order valence-electron chi connectivity index (χ4n) is 1.85. The van der Waals surface area contributed by atoms with Crippen molar-refractivity contribution in [2.45, 2.75) is 0 Å². The van der Waals surface area contributed by atoms with Gasteiger partial charge in [-0.3, -0.25) is 4.98 Å². The molecule has 0 aliphatic heterocycles. The molecular weight excluding hydrogens is 224 g/mol. The Bertz CT molecular complexity index is 689. The van der Waals surface area contributed by atoms with Crippen molar-refractivity contribution in [3.05, 3.63) is 60.8 Å². The van der Waals surface area contributed by atoms with E-state index in [-0.39, 0.29) is 0 Å². The largest absolute Gasteiger partial charge is 0.454 e. The number of benzene rings is 2. The molecule has 0 aliphatic carbocycles. The quantitative estimate of drug-likeness (QED) is 0.691. The van der Waals surface area contributed by atoms with Gasteiger partial charge in [-0.1, -0.05) is 24.3 Å². The molecule has 0 radical (unpaired) electrons. The van der Waals surface area contributed by atoms with Crippen molar-refractivity contribution in [3.63, 3.8) is 0 Å². The summed E-state index contributed by atoms with van der Waals surface area (Å²) in [6, 6.07) is 17.1. The zero-order chi connectivity index (χ0) is 12.4. The number of nitrogens with zero attached hydrogens (tertiary/aromatic N) is 1. The number of anilines is 1. The molecule has 1 aromatic heterocycles. The number of pyridine rings is 1. The van der Waals surface area contributed by atoms with Gasteiger partial charge in [-0.05, 0) is 30.3 Å². The maximum atomic E-state index is 5.87. The summed E-state index contributed by atoms with van der Waals surface area (Å²) in [6.45, 7) is 0. The van der Waals surface area contributed by atoms with E-state index in [2.05, 4.69) is 4.98 Å². The van der Waals surface area contributed by atoms with Crippen molar-refractivity contribution in [3.8, 4) is 11.5 Å². The van der Waals surface area contributed by atoms with Gasteiger partial charge < -0.3 is 10.5 Å². The molecule has 0 saturated heterocycles. The Labute approximate surface area is 105 Å². The van der Waals surface area contributed by atoms with E-state index < -0.39 is 0 Å². The topological polar surface area (TPSA) is 48.1 Å². The van der Waals surface area contributed by atoms with Gasteiger partial charge in [-0.25, -0.2) is 0 Å². The van der Waals surface area contributed by atoms with Gasteiger partial charge in [0.05, 0.1) is 11.2 Å². The number of ether oxygens (including phenoxy) is 1. The predicted octanol–water partition coefficient (Wildman–Crippen LogP) is 3.61. The molecule has 3 rings (SSSR count). The van der Waals surface area contributed by atoms with Crippen molar-refractivity contribution in [2.75, 3.05) is 5.73 Å². The third-order valence-corrected chi connectivity index (χ3v) is 2.75. The van der Waals surface area contributed by atoms with Crippen molar-refractivity contribution >= 4 is 16.6 Å². The summed E-state index contributed by atoms with van der Waals surface area (Å²) in [5, 5.41) is 0.975. The van der Waals surface area contributed by atoms with Gasteiger partial charge in [0.15, 0.2) is 0 Å². The van der Waals surface area contributed by atoms with Gasteiger partial charge in [0, 0.05) is 11.6 Å². The summed E-state index contributed by atoms with van der Waals surface area (Å²) in [5.74, 6) is 1.42. The Morgan fingerprint density at radius 1 is 0.833 bits per heavy atom. The number of hydrogen-bond acceptors (Lipinski definition) is 3. The lowest BCUT2D eigenvalue weighted by Gasteiger charge is -2.10. The molecule has 0 atom stereocenters. The van der Waals surface area contributed by atoms with Crippen LogP contribution in [0.2, 0.25) is 0 Å². The number of rotatable bonds is 2. The number of fused-ring (bicyclic) bond motifs is 1. The number of nitrogen functional groups attached to an aromatic ring is 1. The van der Waals surface area contributed by atoms with Crippen LogP contribution in [0.3, 0.4) is 0 Å². The molecule has 0 aliphatic rings. The van der Waals surface area contributed by atoms with E-state index in [1.165, 1.54) is 0 Å². The second kappa shape index (κ2) is 4.37. The number of nitrogens with two attached hydrogens (primary N) is 1. The minimum Gasteiger partial charge on any atom is -0.454 e. The van der Waals surface area contributed by atoms with E-state index in [1.54, 1.807) is 6.20 Å². The van der Waals surface area contributed by atoms with Crippen molar-refractivity contribution in [1.82, 2.24) is 4.98 Å². The number of para-hydroxylation sites is 3. The van der Waals surface area contributed by atoms with Crippen molar-refractivity contribution < 1.29 is 4.74 Å². The molecule has 0 amide bonds. The van der Waals surface area contributed by atoms with E-state index in [0.717, 1.165) is 16.7 Å². The molecule has 0 unspecified atom stereocenters. The first-order valence-electron chi connectivity index (χ1n) is 5.71. The minimum atomic E-state index is 0.624. The van der Waals surface area contributed by atoms with Crippen LogP contribution < -0.4 is 10.5 Å². The maximum Gasteiger partial charge on any atom is 0.150 e. The lowest BCUT2D eigenvalue weighted by molar-refractivity contribution is 0.490. The van der Waals surface area contributed by atoms with Crippen LogP contribution in [0, 0.1) is 0 Å². The first-order valence-corrected chi connectivity index (χ1v) is 5.71. The fraction of sp³-hybridized carbons (Fsp3) is 0. The molecule has 0 spiro atoms. The molecule has 18 heavy (non-hydrogen) atoms. The molecule has 2 N–H and O–H groups in total. The molecule has 0 fully saturated rings. The molecule has 3 heteroatoms. The monoisotopic (exact) mass is 236 g/mol. The zero-order valence-electron chi connectivity index (χ0n) is 9.71. The Morgan fingerprint density at radius 2 is 1.61 bits per heavy atom. The van der Waals surface area contributed by atoms with Gasteiger partial charge in [-0.15, -0.1) is 0 Å². The van der Waals surface area contributed by atoms with E-state index in [1.807, 2.05) is 54.6 Å².